The molecule has 9 nitrogen and oxygen atoms in total. The highest BCUT2D eigenvalue weighted by atomic mass is 16.5. The molecule has 0 fully saturated rings. The van der Waals surface area contributed by atoms with Gasteiger partial charge in [0.15, 0.2) is 23.0 Å². The van der Waals surface area contributed by atoms with Crippen molar-refractivity contribution < 1.29 is 14.2 Å². The zero-order chi connectivity index (χ0) is 18.0. The van der Waals surface area contributed by atoms with Crippen LogP contribution in [-0.4, -0.2) is 41.1 Å². The molecule has 0 atom stereocenters. The molecule has 0 spiro atoms. The Morgan fingerprint density at radius 2 is 1.92 bits per heavy atom. The van der Waals surface area contributed by atoms with E-state index in [0.29, 0.717) is 28.4 Å². The molecule has 0 aliphatic rings. The quantitative estimate of drug-likeness (QED) is 0.740. The molecule has 1 aromatic carbocycles. The average Bonchev–Trinajstić information content (AvgIpc) is 3.01. The molecule has 2 N–H and O–H groups in total. The van der Waals surface area contributed by atoms with E-state index in [4.69, 9.17) is 25.2 Å². The number of nitrogens with two attached hydrogens (primary N) is 1. The summed E-state index contributed by atoms with van der Waals surface area (Å²) in [5.74, 6) is 1.29. The van der Waals surface area contributed by atoms with Crippen LogP contribution in [-0.2, 0) is 11.3 Å². The summed E-state index contributed by atoms with van der Waals surface area (Å²) in [4.78, 5) is 0. The first kappa shape index (κ1) is 16.5. The van der Waals surface area contributed by atoms with Crippen molar-refractivity contribution in [2.24, 2.45) is 0 Å². The Morgan fingerprint density at radius 1 is 1.16 bits per heavy atom. The third kappa shape index (κ3) is 2.68. The molecule has 2 aromatic heterocycles. The second-order valence-corrected chi connectivity index (χ2v) is 5.11. The van der Waals surface area contributed by atoms with Gasteiger partial charge in [-0.3, -0.25) is 0 Å². The van der Waals surface area contributed by atoms with E-state index < -0.39 is 0 Å². The smallest absolute Gasteiger partial charge is 0.205 e. The van der Waals surface area contributed by atoms with Gasteiger partial charge in [0, 0.05) is 7.11 Å². The number of aromatic nitrogens is 4. The van der Waals surface area contributed by atoms with Crippen molar-refractivity contribution in [1.29, 1.82) is 5.26 Å². The van der Waals surface area contributed by atoms with Crippen molar-refractivity contribution in [2.45, 2.75) is 6.61 Å². The lowest BCUT2D eigenvalue weighted by Crippen LogP contribution is -2.06. The summed E-state index contributed by atoms with van der Waals surface area (Å²) in [6.07, 6.45) is 0. The molecular weight excluding hydrogens is 324 g/mol. The molecule has 0 saturated carbocycles. The first-order valence-corrected chi connectivity index (χ1v) is 7.29. The molecule has 25 heavy (non-hydrogen) atoms. The van der Waals surface area contributed by atoms with E-state index in [9.17, 15) is 0 Å². The summed E-state index contributed by atoms with van der Waals surface area (Å²) < 4.78 is 17.3. The van der Waals surface area contributed by atoms with Crippen molar-refractivity contribution in [3.8, 4) is 28.7 Å². The molecule has 0 unspecified atom stereocenters. The van der Waals surface area contributed by atoms with Gasteiger partial charge >= 0.3 is 0 Å². The average molecular weight is 340 g/mol. The highest BCUT2D eigenvalue weighted by Gasteiger charge is 2.20. The van der Waals surface area contributed by atoms with Crippen LogP contribution in [0, 0.1) is 11.3 Å². The van der Waals surface area contributed by atoms with Gasteiger partial charge in [0.1, 0.15) is 6.07 Å². The van der Waals surface area contributed by atoms with E-state index >= 15 is 0 Å². The van der Waals surface area contributed by atoms with Crippen molar-refractivity contribution in [1.82, 2.24) is 19.8 Å². The van der Waals surface area contributed by atoms with Crippen LogP contribution < -0.4 is 15.2 Å². The third-order valence-electron chi connectivity index (χ3n) is 3.71. The van der Waals surface area contributed by atoms with Crippen LogP contribution in [0.1, 0.15) is 11.4 Å². The third-order valence-corrected chi connectivity index (χ3v) is 3.71. The van der Waals surface area contributed by atoms with Crippen molar-refractivity contribution >= 4 is 11.5 Å². The van der Waals surface area contributed by atoms with Gasteiger partial charge in [0.05, 0.1) is 32.1 Å². The van der Waals surface area contributed by atoms with Gasteiger partial charge in [0.25, 0.3) is 0 Å². The van der Waals surface area contributed by atoms with Crippen LogP contribution in [0.25, 0.3) is 16.8 Å². The summed E-state index contributed by atoms with van der Waals surface area (Å²) in [5.41, 5.74) is 8.52. The molecule has 3 aromatic rings. The van der Waals surface area contributed by atoms with Crippen molar-refractivity contribution in [3.63, 3.8) is 0 Å². The lowest BCUT2D eigenvalue weighted by Gasteiger charge is -2.09. The number of methoxy groups -OCH3 is 3. The number of anilines is 1. The Kier molecular flexibility index (Phi) is 4.36. The largest absolute Gasteiger partial charge is 0.493 e. The fraction of sp³-hybridized carbons (Fsp3) is 0.250. The predicted molar refractivity (Wildman–Crippen MR) is 89.2 cm³/mol. The molecule has 0 aliphatic heterocycles. The molecule has 0 saturated heterocycles. The first-order chi connectivity index (χ1) is 12.1. The van der Waals surface area contributed by atoms with Crippen molar-refractivity contribution in [2.75, 3.05) is 27.1 Å². The first-order valence-electron chi connectivity index (χ1n) is 7.29. The van der Waals surface area contributed by atoms with Gasteiger partial charge < -0.3 is 19.9 Å². The maximum atomic E-state index is 9.07. The Balaban J connectivity index is 2.29. The number of nitriles is 1. The maximum Gasteiger partial charge on any atom is 0.205 e. The molecule has 0 bridgehead atoms. The second-order valence-electron chi connectivity index (χ2n) is 5.11. The molecule has 0 amide bonds. The number of nitrogen functional groups attached to an aromatic ring is 1. The molecule has 9 heteroatoms. The van der Waals surface area contributed by atoms with Crippen LogP contribution in [0.3, 0.4) is 0 Å². The van der Waals surface area contributed by atoms with Gasteiger partial charge in [-0.2, -0.15) is 14.9 Å². The summed E-state index contributed by atoms with van der Waals surface area (Å²) >= 11 is 0. The molecule has 3 rings (SSSR count). The normalized spacial score (nSPS) is 10.6. The van der Waals surface area contributed by atoms with E-state index in [2.05, 4.69) is 15.3 Å². The standard InChI is InChI=1S/C16H16N6O3/c1-23-8-11-14(9-4-5-12(24-2)13(6-9)25-3)16-20-19-10(7-17)15(18)22(16)21-11/h4-6H,8,18H2,1-3H3. The van der Waals surface area contributed by atoms with Gasteiger partial charge in [0.2, 0.25) is 5.69 Å². The zero-order valence-electron chi connectivity index (χ0n) is 14.0. The summed E-state index contributed by atoms with van der Waals surface area (Å²) in [7, 11) is 4.70. The second kappa shape index (κ2) is 6.62. The van der Waals surface area contributed by atoms with E-state index in [1.807, 2.05) is 18.2 Å². The van der Waals surface area contributed by atoms with E-state index in [1.54, 1.807) is 27.4 Å². The maximum absolute atomic E-state index is 9.07. The van der Waals surface area contributed by atoms with Gasteiger partial charge in [-0.15, -0.1) is 10.2 Å². The van der Waals surface area contributed by atoms with Crippen LogP contribution in [0.5, 0.6) is 11.5 Å². The summed E-state index contributed by atoms with van der Waals surface area (Å²) in [6.45, 7) is 0.244. The number of hydrogen-bond acceptors (Lipinski definition) is 8. The minimum absolute atomic E-state index is 0.0119. The van der Waals surface area contributed by atoms with Crippen LogP contribution in [0.4, 0.5) is 5.82 Å². The van der Waals surface area contributed by atoms with Crippen LogP contribution in [0.15, 0.2) is 18.2 Å². The van der Waals surface area contributed by atoms with Crippen molar-refractivity contribution in [3.05, 3.63) is 29.6 Å². The monoisotopic (exact) mass is 340 g/mol. The Bertz CT molecular complexity index is 976. The highest BCUT2D eigenvalue weighted by molar-refractivity contribution is 5.82. The van der Waals surface area contributed by atoms with E-state index in [-0.39, 0.29) is 18.1 Å². The van der Waals surface area contributed by atoms with Gasteiger partial charge in [-0.25, -0.2) is 0 Å². The molecule has 0 aliphatic carbocycles. The number of fused-ring (bicyclic) bond motifs is 1. The number of ether oxygens (including phenoxy) is 3. The minimum atomic E-state index is 0.0119. The highest BCUT2D eigenvalue weighted by Crippen LogP contribution is 2.35. The van der Waals surface area contributed by atoms with E-state index in [1.165, 1.54) is 4.52 Å². The Hall–Kier alpha value is -3.38. The lowest BCUT2D eigenvalue weighted by molar-refractivity contribution is 0.181. The van der Waals surface area contributed by atoms with Crippen LogP contribution in [0.2, 0.25) is 0 Å². The topological polar surface area (TPSA) is 121 Å². The minimum Gasteiger partial charge on any atom is -0.493 e. The SMILES string of the molecule is COCc1nn2c(N)c(C#N)nnc2c1-c1ccc(OC)c(OC)c1. The zero-order valence-corrected chi connectivity index (χ0v) is 14.0. The van der Waals surface area contributed by atoms with E-state index in [0.717, 1.165) is 5.56 Å². The molecule has 2 heterocycles. The van der Waals surface area contributed by atoms with Gasteiger partial charge in [-0.05, 0) is 17.7 Å². The summed E-state index contributed by atoms with van der Waals surface area (Å²) in [6, 6.07) is 7.35. The molecule has 0 radical (unpaired) electrons. The number of nitrogens with zero attached hydrogens (tertiary/aromatic N) is 5. The fourth-order valence-corrected chi connectivity index (χ4v) is 2.57. The predicted octanol–water partition coefficient (Wildman–Crippen LogP) is 1.41. The Morgan fingerprint density at radius 3 is 2.56 bits per heavy atom. The molecular formula is C16H16N6O3. The van der Waals surface area contributed by atoms with Gasteiger partial charge in [-0.1, -0.05) is 6.07 Å². The number of benzene rings is 1. The Labute approximate surface area is 143 Å². The number of rotatable bonds is 5. The lowest BCUT2D eigenvalue weighted by atomic mass is 10.1. The fourth-order valence-electron chi connectivity index (χ4n) is 2.57. The van der Waals surface area contributed by atoms with Crippen LogP contribution >= 0.6 is 0 Å². The number of hydrogen-bond donors (Lipinski definition) is 1. The molecule has 128 valence electrons. The summed E-state index contributed by atoms with van der Waals surface area (Å²) in [5, 5.41) is 21.5.